The molecule has 1 heterocycles. The van der Waals surface area contributed by atoms with Gasteiger partial charge in [0.2, 0.25) is 5.88 Å². The first-order valence-electron chi connectivity index (χ1n) is 7.10. The molecule has 0 radical (unpaired) electrons. The molecule has 0 atom stereocenters. The van der Waals surface area contributed by atoms with Gasteiger partial charge in [-0.2, -0.15) is 4.98 Å². The summed E-state index contributed by atoms with van der Waals surface area (Å²) in [7, 11) is 0. The Labute approximate surface area is 125 Å². The maximum Gasteiger partial charge on any atom is 0.239 e. The predicted molar refractivity (Wildman–Crippen MR) is 84.9 cm³/mol. The van der Waals surface area contributed by atoms with Crippen LogP contribution < -0.4 is 20.5 Å². The number of hydrogen-bond acceptors (Lipinski definition) is 5. The SMILES string of the molecule is CCOc1nc(NCCCOc2ccccc2)ccc1N. The average molecular weight is 287 g/mol. The molecule has 0 fully saturated rings. The third-order valence-corrected chi connectivity index (χ3v) is 2.81. The fourth-order valence-corrected chi connectivity index (χ4v) is 1.80. The van der Waals surface area contributed by atoms with Gasteiger partial charge in [0, 0.05) is 6.54 Å². The second kappa shape index (κ2) is 7.99. The minimum Gasteiger partial charge on any atom is -0.494 e. The van der Waals surface area contributed by atoms with E-state index in [1.807, 2.05) is 43.3 Å². The standard InChI is InChI=1S/C16H21N3O2/c1-2-20-16-14(17)9-10-15(19-16)18-11-6-12-21-13-7-4-3-5-8-13/h3-5,7-10H,2,6,11-12,17H2,1H3,(H,18,19). The number of nitrogen functional groups attached to an aromatic ring is 1. The van der Waals surface area contributed by atoms with E-state index in [-0.39, 0.29) is 0 Å². The minimum absolute atomic E-state index is 0.475. The number of ether oxygens (including phenoxy) is 2. The van der Waals surface area contributed by atoms with Crippen LogP contribution >= 0.6 is 0 Å². The Morgan fingerprint density at radius 3 is 2.67 bits per heavy atom. The summed E-state index contributed by atoms with van der Waals surface area (Å²) in [6.45, 7) is 3.88. The van der Waals surface area contributed by atoms with Crippen molar-refractivity contribution in [3.8, 4) is 11.6 Å². The number of benzene rings is 1. The molecule has 1 aromatic carbocycles. The smallest absolute Gasteiger partial charge is 0.239 e. The van der Waals surface area contributed by atoms with Crippen LogP contribution in [0.3, 0.4) is 0 Å². The highest BCUT2D eigenvalue weighted by atomic mass is 16.5. The Hall–Kier alpha value is -2.43. The first-order chi connectivity index (χ1) is 10.3. The second-order valence-electron chi connectivity index (χ2n) is 4.47. The van der Waals surface area contributed by atoms with Gasteiger partial charge in [-0.05, 0) is 37.6 Å². The van der Waals surface area contributed by atoms with E-state index >= 15 is 0 Å². The van der Waals surface area contributed by atoms with Gasteiger partial charge < -0.3 is 20.5 Å². The Morgan fingerprint density at radius 1 is 1.10 bits per heavy atom. The largest absolute Gasteiger partial charge is 0.494 e. The maximum atomic E-state index is 5.78. The van der Waals surface area contributed by atoms with Crippen molar-refractivity contribution in [1.29, 1.82) is 0 Å². The van der Waals surface area contributed by atoms with Crippen LogP contribution in [0.5, 0.6) is 11.6 Å². The molecular formula is C16H21N3O2. The maximum absolute atomic E-state index is 5.78. The van der Waals surface area contributed by atoms with Gasteiger partial charge in [-0.25, -0.2) is 0 Å². The molecule has 0 saturated heterocycles. The summed E-state index contributed by atoms with van der Waals surface area (Å²) in [5.74, 6) is 2.12. The summed E-state index contributed by atoms with van der Waals surface area (Å²) < 4.78 is 11.0. The Morgan fingerprint density at radius 2 is 1.90 bits per heavy atom. The highest BCUT2D eigenvalue weighted by Gasteiger charge is 2.03. The van der Waals surface area contributed by atoms with Gasteiger partial charge in [0.05, 0.1) is 18.9 Å². The quantitative estimate of drug-likeness (QED) is 0.731. The van der Waals surface area contributed by atoms with E-state index < -0.39 is 0 Å². The van der Waals surface area contributed by atoms with Crippen LogP contribution in [0.15, 0.2) is 42.5 Å². The van der Waals surface area contributed by atoms with Crippen molar-refractivity contribution in [1.82, 2.24) is 4.98 Å². The molecule has 5 heteroatoms. The summed E-state index contributed by atoms with van der Waals surface area (Å²) >= 11 is 0. The molecular weight excluding hydrogens is 266 g/mol. The topological polar surface area (TPSA) is 69.4 Å². The molecule has 3 N–H and O–H groups in total. The highest BCUT2D eigenvalue weighted by molar-refractivity contribution is 5.53. The highest BCUT2D eigenvalue weighted by Crippen LogP contribution is 2.20. The van der Waals surface area contributed by atoms with E-state index in [0.717, 1.165) is 24.5 Å². The van der Waals surface area contributed by atoms with Crippen LogP contribution in [0.4, 0.5) is 11.5 Å². The predicted octanol–water partition coefficient (Wildman–Crippen LogP) is 2.94. The molecule has 21 heavy (non-hydrogen) atoms. The van der Waals surface area contributed by atoms with Crippen molar-refractivity contribution in [2.75, 3.05) is 30.8 Å². The molecule has 112 valence electrons. The van der Waals surface area contributed by atoms with Crippen LogP contribution in [-0.2, 0) is 0 Å². The lowest BCUT2D eigenvalue weighted by Crippen LogP contribution is -2.09. The minimum atomic E-state index is 0.475. The summed E-state index contributed by atoms with van der Waals surface area (Å²) in [6.07, 6.45) is 0.880. The molecule has 2 aromatic rings. The van der Waals surface area contributed by atoms with Crippen LogP contribution in [0.2, 0.25) is 0 Å². The van der Waals surface area contributed by atoms with Crippen molar-refractivity contribution in [3.05, 3.63) is 42.5 Å². The molecule has 0 amide bonds. The number of nitrogens with one attached hydrogen (secondary N) is 1. The number of hydrogen-bond donors (Lipinski definition) is 2. The number of nitrogens with two attached hydrogens (primary N) is 1. The molecule has 1 aromatic heterocycles. The molecule has 5 nitrogen and oxygen atoms in total. The van der Waals surface area contributed by atoms with Crippen molar-refractivity contribution < 1.29 is 9.47 Å². The van der Waals surface area contributed by atoms with Gasteiger partial charge in [0.1, 0.15) is 11.6 Å². The summed E-state index contributed by atoms with van der Waals surface area (Å²) in [5, 5.41) is 3.23. The third-order valence-electron chi connectivity index (χ3n) is 2.81. The van der Waals surface area contributed by atoms with Gasteiger partial charge in [0.15, 0.2) is 0 Å². The van der Waals surface area contributed by atoms with Crippen LogP contribution in [0.25, 0.3) is 0 Å². The summed E-state index contributed by atoms with van der Waals surface area (Å²) in [4.78, 5) is 4.32. The third kappa shape index (κ3) is 4.87. The lowest BCUT2D eigenvalue weighted by atomic mass is 10.3. The van der Waals surface area contributed by atoms with Gasteiger partial charge in [-0.3, -0.25) is 0 Å². The fourth-order valence-electron chi connectivity index (χ4n) is 1.80. The zero-order valence-corrected chi connectivity index (χ0v) is 12.2. The summed E-state index contributed by atoms with van der Waals surface area (Å²) in [5.41, 5.74) is 6.33. The van der Waals surface area contributed by atoms with E-state index in [1.165, 1.54) is 0 Å². The van der Waals surface area contributed by atoms with Crippen LogP contribution in [0, 0.1) is 0 Å². The molecule has 0 saturated carbocycles. The van der Waals surface area contributed by atoms with E-state index in [1.54, 1.807) is 6.07 Å². The normalized spacial score (nSPS) is 10.1. The van der Waals surface area contributed by atoms with Gasteiger partial charge in [-0.15, -0.1) is 0 Å². The zero-order valence-electron chi connectivity index (χ0n) is 12.2. The number of aromatic nitrogens is 1. The van der Waals surface area contributed by atoms with Crippen molar-refractivity contribution in [2.45, 2.75) is 13.3 Å². The lowest BCUT2D eigenvalue weighted by molar-refractivity contribution is 0.315. The summed E-state index contributed by atoms with van der Waals surface area (Å²) in [6, 6.07) is 13.4. The van der Waals surface area contributed by atoms with E-state index in [9.17, 15) is 0 Å². The molecule has 0 bridgehead atoms. The molecule has 0 aliphatic rings. The monoisotopic (exact) mass is 287 g/mol. The van der Waals surface area contributed by atoms with Gasteiger partial charge >= 0.3 is 0 Å². The van der Waals surface area contributed by atoms with Crippen molar-refractivity contribution in [3.63, 3.8) is 0 Å². The molecule has 0 aliphatic carbocycles. The molecule has 0 aliphatic heterocycles. The number of anilines is 2. The fraction of sp³-hybridized carbons (Fsp3) is 0.312. The lowest BCUT2D eigenvalue weighted by Gasteiger charge is -2.10. The number of rotatable bonds is 8. The number of nitrogens with zero attached hydrogens (tertiary/aromatic N) is 1. The first kappa shape index (κ1) is 15.0. The van der Waals surface area contributed by atoms with E-state index in [4.69, 9.17) is 15.2 Å². The Bertz CT molecular complexity index is 546. The average Bonchev–Trinajstić information content (AvgIpc) is 2.51. The van der Waals surface area contributed by atoms with E-state index in [0.29, 0.717) is 24.8 Å². The Kier molecular flexibility index (Phi) is 5.70. The molecule has 0 unspecified atom stereocenters. The molecule has 2 rings (SSSR count). The zero-order chi connectivity index (χ0) is 14.9. The van der Waals surface area contributed by atoms with Gasteiger partial charge in [-0.1, -0.05) is 18.2 Å². The number of pyridine rings is 1. The second-order valence-corrected chi connectivity index (χ2v) is 4.47. The van der Waals surface area contributed by atoms with Gasteiger partial charge in [0.25, 0.3) is 0 Å². The van der Waals surface area contributed by atoms with E-state index in [2.05, 4.69) is 10.3 Å². The van der Waals surface area contributed by atoms with Crippen molar-refractivity contribution >= 4 is 11.5 Å². The Balaban J connectivity index is 1.72. The first-order valence-corrected chi connectivity index (χ1v) is 7.10. The van der Waals surface area contributed by atoms with Crippen LogP contribution in [0.1, 0.15) is 13.3 Å². The molecule has 0 spiro atoms. The number of para-hydroxylation sites is 1. The van der Waals surface area contributed by atoms with Crippen LogP contribution in [-0.4, -0.2) is 24.7 Å². The van der Waals surface area contributed by atoms with Crippen molar-refractivity contribution in [2.24, 2.45) is 0 Å².